The molecule has 0 N–H and O–H groups in total. The van der Waals surface area contributed by atoms with Crippen molar-refractivity contribution in [3.8, 4) is 5.69 Å². The van der Waals surface area contributed by atoms with Crippen LogP contribution < -0.4 is 0 Å². The van der Waals surface area contributed by atoms with E-state index in [1.165, 1.54) is 0 Å². The smallest absolute Gasteiger partial charge is 0.239 e. The highest BCUT2D eigenvalue weighted by Gasteiger charge is 2.12. The third kappa shape index (κ3) is 1.54. The van der Waals surface area contributed by atoms with Gasteiger partial charge in [0.25, 0.3) is 0 Å². The van der Waals surface area contributed by atoms with Crippen LogP contribution in [-0.4, -0.2) is 26.9 Å². The largest absolute Gasteiger partial charge is 0.241 e. The highest BCUT2D eigenvalue weighted by atomic mass is 15.4. The van der Waals surface area contributed by atoms with Crippen molar-refractivity contribution in [3.05, 3.63) is 42.7 Å². The number of benzene rings is 1. The molecule has 0 radical (unpaired) electrons. The Morgan fingerprint density at radius 2 is 2.25 bits per heavy atom. The Kier molecular flexibility index (Phi) is 2.11. The van der Waals surface area contributed by atoms with E-state index in [4.69, 9.17) is 0 Å². The zero-order valence-electron chi connectivity index (χ0n) is 8.69. The number of hydrazone groups is 1. The Morgan fingerprint density at radius 3 is 3.00 bits per heavy atom. The van der Waals surface area contributed by atoms with Gasteiger partial charge in [-0.15, -0.1) is 0 Å². The lowest BCUT2D eigenvalue weighted by Crippen LogP contribution is -1.97. The Balaban J connectivity index is 2.03. The van der Waals surface area contributed by atoms with Gasteiger partial charge in [0.2, 0.25) is 5.69 Å². The number of hydrogen-bond acceptors (Lipinski definition) is 2. The van der Waals surface area contributed by atoms with E-state index < -0.39 is 0 Å². The molecule has 0 bridgehead atoms. The molecule has 0 unspecified atom stereocenters. The first-order valence-corrected chi connectivity index (χ1v) is 5.18. The van der Waals surface area contributed by atoms with Gasteiger partial charge in [0.05, 0.1) is 18.3 Å². The fourth-order valence-corrected chi connectivity index (χ4v) is 1.70. The van der Waals surface area contributed by atoms with E-state index >= 15 is 0 Å². The molecule has 1 aliphatic heterocycles. The molecule has 0 amide bonds. The van der Waals surface area contributed by atoms with Crippen LogP contribution in [0.1, 0.15) is 6.42 Å². The first kappa shape index (κ1) is 9.03. The average Bonchev–Trinajstić information content (AvgIpc) is 3.03. The topological polar surface area (TPSA) is 33.2 Å². The maximum Gasteiger partial charge on any atom is 0.239 e. The lowest BCUT2D eigenvalue weighted by atomic mass is 10.3. The van der Waals surface area contributed by atoms with Crippen molar-refractivity contribution >= 4 is 18.1 Å². The van der Waals surface area contributed by atoms with Crippen molar-refractivity contribution in [1.29, 1.82) is 0 Å². The van der Waals surface area contributed by atoms with E-state index in [0.717, 1.165) is 17.8 Å². The van der Waals surface area contributed by atoms with E-state index in [9.17, 15) is 0 Å². The van der Waals surface area contributed by atoms with Crippen LogP contribution in [0, 0.1) is 0 Å². The molecule has 1 aromatic carbocycles. The van der Waals surface area contributed by atoms with Crippen LogP contribution >= 0.6 is 0 Å². The quantitative estimate of drug-likeness (QED) is 0.699. The molecule has 1 aliphatic rings. The molecule has 16 heavy (non-hydrogen) atoms. The van der Waals surface area contributed by atoms with Crippen LogP contribution in [0.3, 0.4) is 0 Å². The summed E-state index contributed by atoms with van der Waals surface area (Å²) < 4.78 is 3.72. The van der Waals surface area contributed by atoms with Crippen LogP contribution in [0.5, 0.6) is 0 Å². The van der Waals surface area contributed by atoms with Crippen molar-refractivity contribution in [2.24, 2.45) is 5.10 Å². The highest BCUT2D eigenvalue weighted by Crippen LogP contribution is 2.17. The molecule has 0 aliphatic carbocycles. The number of hydrogen-bond donors (Lipinski definition) is 0. The Hall–Kier alpha value is -2.23. The summed E-state index contributed by atoms with van der Waals surface area (Å²) in [7, 11) is 0. The number of rotatable bonds is 2. The third-order valence-corrected chi connectivity index (χ3v) is 2.45. The lowest BCUT2D eigenvalue weighted by Gasteiger charge is -2.00. The minimum atomic E-state index is 0.895. The zero-order chi connectivity index (χ0) is 10.8. The Labute approximate surface area is 93.2 Å². The van der Waals surface area contributed by atoms with Crippen LogP contribution in [0.4, 0.5) is 5.69 Å². The summed E-state index contributed by atoms with van der Waals surface area (Å²) in [6.45, 7) is 0. The summed E-state index contributed by atoms with van der Waals surface area (Å²) in [5.41, 5.74) is 2.10. The predicted octanol–water partition coefficient (Wildman–Crippen LogP) is 1.98. The summed E-state index contributed by atoms with van der Waals surface area (Å²) in [4.78, 5) is 0. The van der Waals surface area contributed by atoms with Crippen LogP contribution in [-0.2, 0) is 0 Å². The first-order chi connectivity index (χ1) is 7.93. The number of nitrogens with zero attached hydrogens (tertiary/aromatic N) is 4. The summed E-state index contributed by atoms with van der Waals surface area (Å²) >= 11 is 0. The van der Waals surface area contributed by atoms with Gasteiger partial charge in [-0.2, -0.15) is 5.10 Å². The molecule has 1 aromatic heterocycles. The SMILES string of the molecule is C1=N[N+](c2cccc(-n3cccn3)c2)=CC1. The second-order valence-electron chi connectivity index (χ2n) is 3.53. The van der Waals surface area contributed by atoms with Crippen molar-refractivity contribution < 1.29 is 4.68 Å². The van der Waals surface area contributed by atoms with E-state index in [1.807, 2.05) is 52.3 Å². The van der Waals surface area contributed by atoms with E-state index in [0.29, 0.717) is 0 Å². The van der Waals surface area contributed by atoms with Gasteiger partial charge in [0.15, 0.2) is 6.21 Å². The Morgan fingerprint density at radius 1 is 1.25 bits per heavy atom. The van der Waals surface area contributed by atoms with Gasteiger partial charge in [0.1, 0.15) is 0 Å². The molecule has 0 atom stereocenters. The molecule has 2 heterocycles. The number of aromatic nitrogens is 2. The van der Waals surface area contributed by atoms with E-state index in [1.54, 1.807) is 6.20 Å². The second-order valence-corrected chi connectivity index (χ2v) is 3.53. The zero-order valence-corrected chi connectivity index (χ0v) is 8.69. The van der Waals surface area contributed by atoms with Crippen LogP contribution in [0.2, 0.25) is 0 Å². The minimum absolute atomic E-state index is 0.895. The average molecular weight is 211 g/mol. The molecule has 0 saturated heterocycles. The maximum atomic E-state index is 4.25. The van der Waals surface area contributed by atoms with Crippen LogP contribution in [0.25, 0.3) is 5.69 Å². The van der Waals surface area contributed by atoms with Gasteiger partial charge in [-0.05, 0) is 17.2 Å². The van der Waals surface area contributed by atoms with E-state index in [-0.39, 0.29) is 0 Å². The van der Waals surface area contributed by atoms with Gasteiger partial charge in [0, 0.05) is 24.5 Å². The molecule has 3 rings (SSSR count). The third-order valence-electron chi connectivity index (χ3n) is 2.45. The van der Waals surface area contributed by atoms with Crippen LogP contribution in [0.15, 0.2) is 47.8 Å². The fraction of sp³-hybridized carbons (Fsp3) is 0.0833. The van der Waals surface area contributed by atoms with Crippen molar-refractivity contribution in [2.45, 2.75) is 6.42 Å². The molecule has 0 spiro atoms. The van der Waals surface area contributed by atoms with Crippen molar-refractivity contribution in [2.75, 3.05) is 0 Å². The molecule has 4 nitrogen and oxygen atoms in total. The predicted molar refractivity (Wildman–Crippen MR) is 62.7 cm³/mol. The monoisotopic (exact) mass is 211 g/mol. The van der Waals surface area contributed by atoms with Gasteiger partial charge < -0.3 is 0 Å². The molecule has 78 valence electrons. The first-order valence-electron chi connectivity index (χ1n) is 5.18. The molecule has 0 fully saturated rings. The van der Waals surface area contributed by atoms with Gasteiger partial charge >= 0.3 is 0 Å². The highest BCUT2D eigenvalue weighted by molar-refractivity contribution is 5.79. The van der Waals surface area contributed by atoms with Crippen molar-refractivity contribution in [1.82, 2.24) is 9.78 Å². The summed E-state index contributed by atoms with van der Waals surface area (Å²) in [5, 5.41) is 8.46. The molecule has 0 saturated carbocycles. The van der Waals surface area contributed by atoms with Crippen molar-refractivity contribution in [3.63, 3.8) is 0 Å². The summed E-state index contributed by atoms with van der Waals surface area (Å²) in [6, 6.07) is 10.0. The fourth-order valence-electron chi connectivity index (χ4n) is 1.70. The van der Waals surface area contributed by atoms with Gasteiger partial charge in [-0.1, -0.05) is 10.8 Å². The van der Waals surface area contributed by atoms with E-state index in [2.05, 4.69) is 16.3 Å². The standard InChI is InChI=1S/C12H11N4/c1-4-11(15-8-2-6-13-15)10-12(5-1)16-9-3-7-14-16/h1-2,4-10H,3H2/q+1. The minimum Gasteiger partial charge on any atom is -0.241 e. The molecule has 2 aromatic rings. The van der Waals surface area contributed by atoms with Gasteiger partial charge in [-0.25, -0.2) is 4.68 Å². The Bertz CT molecular complexity index is 552. The summed E-state index contributed by atoms with van der Waals surface area (Å²) in [6.07, 6.45) is 8.53. The summed E-state index contributed by atoms with van der Waals surface area (Å²) in [5.74, 6) is 0. The normalized spacial score (nSPS) is 14.1. The molecule has 4 heteroatoms. The molecular weight excluding hydrogens is 200 g/mol. The maximum absolute atomic E-state index is 4.25. The molecular formula is C12H11N4+. The lowest BCUT2D eigenvalue weighted by molar-refractivity contribution is -0.436. The van der Waals surface area contributed by atoms with Gasteiger partial charge in [-0.3, -0.25) is 0 Å². The second kappa shape index (κ2) is 3.73.